The highest BCUT2D eigenvalue weighted by molar-refractivity contribution is 7.91. The Hall–Kier alpha value is -1.04. The first kappa shape index (κ1) is 14.0. The van der Waals surface area contributed by atoms with Gasteiger partial charge in [0, 0.05) is 18.8 Å². The van der Waals surface area contributed by atoms with E-state index in [9.17, 15) is 13.2 Å². The van der Waals surface area contributed by atoms with E-state index < -0.39 is 9.84 Å². The molecule has 2 amide bonds. The average molecular weight is 260 g/mol. The number of urea groups is 1. The molecule has 1 aliphatic rings. The molecule has 0 spiro atoms. The molecular formula is C11H20N2O3S. The van der Waals surface area contributed by atoms with E-state index in [4.69, 9.17) is 0 Å². The lowest BCUT2D eigenvalue weighted by Gasteiger charge is -2.26. The van der Waals surface area contributed by atoms with Crippen molar-refractivity contribution in [1.29, 1.82) is 0 Å². The van der Waals surface area contributed by atoms with E-state index in [1.54, 1.807) is 11.1 Å². The van der Waals surface area contributed by atoms with E-state index in [1.807, 2.05) is 19.9 Å². The normalized spacial score (nSPS) is 22.8. The lowest BCUT2D eigenvalue weighted by Crippen LogP contribution is -2.45. The van der Waals surface area contributed by atoms with Crippen LogP contribution in [0.4, 0.5) is 4.79 Å². The monoisotopic (exact) mass is 260 g/mol. The molecule has 1 aliphatic heterocycles. The van der Waals surface area contributed by atoms with Gasteiger partial charge in [-0.1, -0.05) is 13.0 Å². The number of allylic oxidation sites excluding steroid dienone is 1. The van der Waals surface area contributed by atoms with Crippen molar-refractivity contribution < 1.29 is 13.2 Å². The summed E-state index contributed by atoms with van der Waals surface area (Å²) in [4.78, 5) is 13.4. The fourth-order valence-electron chi connectivity index (χ4n) is 1.92. The maximum absolute atomic E-state index is 11.8. The van der Waals surface area contributed by atoms with Crippen molar-refractivity contribution in [2.45, 2.75) is 32.7 Å². The lowest BCUT2D eigenvalue weighted by atomic mass is 10.2. The van der Waals surface area contributed by atoms with Crippen molar-refractivity contribution in [2.75, 3.05) is 18.1 Å². The number of sulfone groups is 1. The molecule has 0 bridgehead atoms. The second-order valence-electron chi connectivity index (χ2n) is 4.10. The highest BCUT2D eigenvalue weighted by Crippen LogP contribution is 2.17. The maximum atomic E-state index is 11.8. The predicted octanol–water partition coefficient (Wildman–Crippen LogP) is 1.13. The Bertz CT molecular complexity index is 390. The van der Waals surface area contributed by atoms with Crippen molar-refractivity contribution in [3.63, 3.8) is 0 Å². The Balaban J connectivity index is 2.59. The number of carbonyl (C=O) groups is 1. The van der Waals surface area contributed by atoms with Crippen LogP contribution in [0.3, 0.4) is 0 Å². The highest BCUT2D eigenvalue weighted by atomic mass is 32.2. The summed E-state index contributed by atoms with van der Waals surface area (Å²) >= 11 is 0. The molecule has 1 heterocycles. The van der Waals surface area contributed by atoms with Crippen molar-refractivity contribution in [1.82, 2.24) is 10.2 Å². The number of hydrogen-bond donors (Lipinski definition) is 1. The number of hydrogen-bond acceptors (Lipinski definition) is 3. The van der Waals surface area contributed by atoms with E-state index >= 15 is 0 Å². The fourth-order valence-corrected chi connectivity index (χ4v) is 3.65. The van der Waals surface area contributed by atoms with Gasteiger partial charge in [0.25, 0.3) is 0 Å². The maximum Gasteiger partial charge on any atom is 0.321 e. The SMILES string of the molecule is CC/C=C/NC(=O)N(CC)C1CCS(=O)(=O)C1. The zero-order chi connectivity index (χ0) is 12.9. The van der Waals surface area contributed by atoms with Crippen LogP contribution in [-0.2, 0) is 9.84 Å². The van der Waals surface area contributed by atoms with Gasteiger partial charge in [0.1, 0.15) is 0 Å². The second-order valence-corrected chi connectivity index (χ2v) is 6.33. The molecule has 1 atom stereocenters. The molecule has 17 heavy (non-hydrogen) atoms. The molecule has 1 N–H and O–H groups in total. The van der Waals surface area contributed by atoms with Gasteiger partial charge in [-0.2, -0.15) is 0 Å². The Labute approximate surface area is 103 Å². The van der Waals surface area contributed by atoms with Crippen LogP contribution in [0.2, 0.25) is 0 Å². The predicted molar refractivity (Wildman–Crippen MR) is 67.4 cm³/mol. The van der Waals surface area contributed by atoms with Crippen molar-refractivity contribution in [3.05, 3.63) is 12.3 Å². The minimum Gasteiger partial charge on any atom is -0.321 e. The molecule has 1 unspecified atom stereocenters. The van der Waals surface area contributed by atoms with Crippen LogP contribution in [0.15, 0.2) is 12.3 Å². The summed E-state index contributed by atoms with van der Waals surface area (Å²) in [6.45, 7) is 4.35. The molecular weight excluding hydrogens is 240 g/mol. The van der Waals surface area contributed by atoms with Crippen LogP contribution in [0.25, 0.3) is 0 Å². The molecule has 5 nitrogen and oxygen atoms in total. The summed E-state index contributed by atoms with van der Waals surface area (Å²) in [5.41, 5.74) is 0. The number of carbonyl (C=O) groups excluding carboxylic acids is 1. The van der Waals surface area contributed by atoms with Crippen molar-refractivity contribution in [2.24, 2.45) is 0 Å². The Morgan fingerprint density at radius 1 is 1.47 bits per heavy atom. The van der Waals surface area contributed by atoms with E-state index in [-0.39, 0.29) is 23.6 Å². The summed E-state index contributed by atoms with van der Waals surface area (Å²) in [5, 5.41) is 2.65. The van der Waals surface area contributed by atoms with Crippen LogP contribution in [-0.4, -0.2) is 43.4 Å². The van der Waals surface area contributed by atoms with Crippen LogP contribution >= 0.6 is 0 Å². The molecule has 0 aliphatic carbocycles. The Kier molecular flexibility index (Phi) is 4.99. The number of rotatable bonds is 4. The zero-order valence-electron chi connectivity index (χ0n) is 10.3. The van der Waals surface area contributed by atoms with E-state index in [1.165, 1.54) is 0 Å². The molecule has 1 fully saturated rings. The first-order chi connectivity index (χ1) is 8.00. The molecule has 0 aromatic heterocycles. The standard InChI is InChI=1S/C11H20N2O3S/c1-3-5-7-12-11(14)13(4-2)10-6-8-17(15,16)9-10/h5,7,10H,3-4,6,8-9H2,1-2H3,(H,12,14)/b7-5+. The van der Waals surface area contributed by atoms with Crippen LogP contribution in [0, 0.1) is 0 Å². The number of nitrogens with zero attached hydrogens (tertiary/aromatic N) is 1. The first-order valence-corrected chi connectivity index (χ1v) is 7.75. The van der Waals surface area contributed by atoms with Gasteiger partial charge in [-0.25, -0.2) is 13.2 Å². The van der Waals surface area contributed by atoms with Gasteiger partial charge >= 0.3 is 6.03 Å². The van der Waals surface area contributed by atoms with Gasteiger partial charge in [0.15, 0.2) is 9.84 Å². The van der Waals surface area contributed by atoms with Crippen LogP contribution in [0.1, 0.15) is 26.7 Å². The van der Waals surface area contributed by atoms with Crippen LogP contribution < -0.4 is 5.32 Å². The molecule has 0 aromatic rings. The third kappa shape index (κ3) is 4.03. The first-order valence-electron chi connectivity index (χ1n) is 5.92. The molecule has 98 valence electrons. The summed E-state index contributed by atoms with van der Waals surface area (Å²) in [7, 11) is -2.95. The summed E-state index contributed by atoms with van der Waals surface area (Å²) in [6, 6.07) is -0.403. The lowest BCUT2D eigenvalue weighted by molar-refractivity contribution is 0.187. The molecule has 6 heteroatoms. The Morgan fingerprint density at radius 3 is 2.65 bits per heavy atom. The van der Waals surface area contributed by atoms with Crippen LogP contribution in [0.5, 0.6) is 0 Å². The van der Waals surface area contributed by atoms with Gasteiger partial charge in [0.05, 0.1) is 11.5 Å². The van der Waals surface area contributed by atoms with E-state index in [2.05, 4.69) is 5.32 Å². The fraction of sp³-hybridized carbons (Fsp3) is 0.727. The zero-order valence-corrected chi connectivity index (χ0v) is 11.2. The topological polar surface area (TPSA) is 66.5 Å². The van der Waals surface area contributed by atoms with Gasteiger partial charge in [-0.15, -0.1) is 0 Å². The summed E-state index contributed by atoms with van der Waals surface area (Å²) < 4.78 is 22.7. The summed E-state index contributed by atoms with van der Waals surface area (Å²) in [5.74, 6) is 0.276. The number of nitrogens with one attached hydrogen (secondary N) is 1. The second kappa shape index (κ2) is 6.05. The van der Waals surface area contributed by atoms with Gasteiger partial charge in [-0.3, -0.25) is 0 Å². The van der Waals surface area contributed by atoms with Crippen molar-refractivity contribution >= 4 is 15.9 Å². The Morgan fingerprint density at radius 2 is 2.18 bits per heavy atom. The average Bonchev–Trinajstić information content (AvgIpc) is 2.60. The van der Waals surface area contributed by atoms with Gasteiger partial charge in [0.2, 0.25) is 0 Å². The molecule has 0 radical (unpaired) electrons. The molecule has 1 saturated heterocycles. The van der Waals surface area contributed by atoms with Gasteiger partial charge in [-0.05, 0) is 19.8 Å². The minimum absolute atomic E-state index is 0.0890. The highest BCUT2D eigenvalue weighted by Gasteiger charge is 2.33. The van der Waals surface area contributed by atoms with E-state index in [0.717, 1.165) is 6.42 Å². The third-order valence-electron chi connectivity index (χ3n) is 2.81. The molecule has 0 saturated carbocycles. The third-order valence-corrected chi connectivity index (χ3v) is 4.56. The van der Waals surface area contributed by atoms with E-state index in [0.29, 0.717) is 13.0 Å². The quantitative estimate of drug-likeness (QED) is 0.824. The number of amides is 2. The molecule has 0 aromatic carbocycles. The molecule has 1 rings (SSSR count). The van der Waals surface area contributed by atoms with Gasteiger partial charge < -0.3 is 10.2 Å². The van der Waals surface area contributed by atoms with Crippen molar-refractivity contribution in [3.8, 4) is 0 Å². The smallest absolute Gasteiger partial charge is 0.321 e. The summed E-state index contributed by atoms with van der Waals surface area (Å²) in [6.07, 6.45) is 4.84. The largest absolute Gasteiger partial charge is 0.321 e. The minimum atomic E-state index is -2.95.